The van der Waals surface area contributed by atoms with Crippen molar-refractivity contribution in [2.45, 2.75) is 26.7 Å². The number of hydrogen-bond donors (Lipinski definition) is 1. The van der Waals surface area contributed by atoms with Crippen molar-refractivity contribution in [1.82, 2.24) is 5.32 Å². The molecule has 0 aliphatic carbocycles. The topological polar surface area (TPSA) is 29.1 Å². The first-order chi connectivity index (χ1) is 10.0. The maximum Gasteiger partial charge on any atom is 0.224 e. The molecule has 0 radical (unpaired) electrons. The summed E-state index contributed by atoms with van der Waals surface area (Å²) >= 11 is 5.84. The predicted molar refractivity (Wildman–Crippen MR) is 87.8 cm³/mol. The van der Waals surface area contributed by atoms with E-state index in [9.17, 15) is 4.79 Å². The highest BCUT2D eigenvalue weighted by Crippen LogP contribution is 2.11. The van der Waals surface area contributed by atoms with Gasteiger partial charge in [0, 0.05) is 11.6 Å². The molecule has 2 nitrogen and oxygen atoms in total. The van der Waals surface area contributed by atoms with E-state index in [2.05, 4.69) is 18.3 Å². The molecular weight excluding hydrogens is 282 g/mol. The van der Waals surface area contributed by atoms with Crippen LogP contribution in [0.2, 0.25) is 5.02 Å². The normalized spacial score (nSPS) is 10.4. The summed E-state index contributed by atoms with van der Waals surface area (Å²) in [6.45, 7) is 4.75. The summed E-state index contributed by atoms with van der Waals surface area (Å²) in [6, 6.07) is 13.9. The molecule has 0 fully saturated rings. The summed E-state index contributed by atoms with van der Waals surface area (Å²) < 4.78 is 0. The molecule has 0 spiro atoms. The van der Waals surface area contributed by atoms with Crippen molar-refractivity contribution < 1.29 is 4.79 Å². The number of amides is 1. The van der Waals surface area contributed by atoms with Gasteiger partial charge in [0.2, 0.25) is 5.91 Å². The van der Waals surface area contributed by atoms with Gasteiger partial charge in [0.25, 0.3) is 0 Å². The third kappa shape index (κ3) is 4.91. The lowest BCUT2D eigenvalue weighted by Crippen LogP contribution is -2.27. The Hall–Kier alpha value is -1.80. The van der Waals surface area contributed by atoms with Crippen LogP contribution >= 0.6 is 11.6 Å². The number of nitrogens with one attached hydrogen (secondary N) is 1. The van der Waals surface area contributed by atoms with Crippen LogP contribution in [0.1, 0.15) is 22.3 Å². The SMILES string of the molecule is Cc1ccc(CC(=O)NCCc2ccc(Cl)cc2)c(C)c1. The van der Waals surface area contributed by atoms with Gasteiger partial charge in [-0.15, -0.1) is 0 Å². The Morgan fingerprint density at radius 2 is 1.81 bits per heavy atom. The Labute approximate surface area is 131 Å². The van der Waals surface area contributed by atoms with Gasteiger partial charge in [-0.05, 0) is 49.1 Å². The van der Waals surface area contributed by atoms with Gasteiger partial charge < -0.3 is 5.32 Å². The highest BCUT2D eigenvalue weighted by Gasteiger charge is 2.05. The molecule has 0 aliphatic rings. The second kappa shape index (κ2) is 7.28. The summed E-state index contributed by atoms with van der Waals surface area (Å²) in [7, 11) is 0. The number of benzene rings is 2. The van der Waals surface area contributed by atoms with E-state index >= 15 is 0 Å². The predicted octanol–water partition coefficient (Wildman–Crippen LogP) is 3.86. The van der Waals surface area contributed by atoms with E-state index in [1.807, 2.05) is 43.3 Å². The van der Waals surface area contributed by atoms with Crippen LogP contribution in [0.25, 0.3) is 0 Å². The molecule has 2 aromatic carbocycles. The Morgan fingerprint density at radius 3 is 2.48 bits per heavy atom. The number of halogens is 1. The molecule has 0 atom stereocenters. The van der Waals surface area contributed by atoms with Crippen molar-refractivity contribution in [2.75, 3.05) is 6.54 Å². The van der Waals surface area contributed by atoms with Crippen LogP contribution < -0.4 is 5.32 Å². The van der Waals surface area contributed by atoms with Crippen molar-refractivity contribution in [1.29, 1.82) is 0 Å². The molecule has 0 unspecified atom stereocenters. The smallest absolute Gasteiger partial charge is 0.224 e. The van der Waals surface area contributed by atoms with E-state index in [1.165, 1.54) is 16.7 Å². The minimum Gasteiger partial charge on any atom is -0.355 e. The molecule has 0 saturated carbocycles. The molecule has 1 N–H and O–H groups in total. The van der Waals surface area contributed by atoms with Gasteiger partial charge in [-0.1, -0.05) is 47.5 Å². The van der Waals surface area contributed by atoms with Crippen molar-refractivity contribution in [2.24, 2.45) is 0 Å². The fraction of sp³-hybridized carbons (Fsp3) is 0.278. The van der Waals surface area contributed by atoms with Gasteiger partial charge in [0.15, 0.2) is 0 Å². The number of hydrogen-bond acceptors (Lipinski definition) is 1. The average molecular weight is 302 g/mol. The third-order valence-corrected chi connectivity index (χ3v) is 3.75. The van der Waals surface area contributed by atoms with Gasteiger partial charge in [-0.2, -0.15) is 0 Å². The minimum absolute atomic E-state index is 0.0657. The van der Waals surface area contributed by atoms with Gasteiger partial charge in [0.1, 0.15) is 0 Å². The second-order valence-electron chi connectivity index (χ2n) is 5.33. The minimum atomic E-state index is 0.0657. The molecular formula is C18H20ClNO. The zero-order chi connectivity index (χ0) is 15.2. The lowest BCUT2D eigenvalue weighted by atomic mass is 10.0. The number of rotatable bonds is 5. The second-order valence-corrected chi connectivity index (χ2v) is 5.77. The largest absolute Gasteiger partial charge is 0.355 e. The van der Waals surface area contributed by atoms with Crippen molar-refractivity contribution in [3.8, 4) is 0 Å². The quantitative estimate of drug-likeness (QED) is 0.893. The highest BCUT2D eigenvalue weighted by molar-refractivity contribution is 6.30. The first-order valence-electron chi connectivity index (χ1n) is 7.12. The summed E-state index contributed by atoms with van der Waals surface area (Å²) in [6.07, 6.45) is 1.25. The molecule has 0 aromatic heterocycles. The maximum atomic E-state index is 12.0. The number of aryl methyl sites for hydroxylation is 2. The fourth-order valence-electron chi connectivity index (χ4n) is 2.28. The zero-order valence-electron chi connectivity index (χ0n) is 12.4. The molecule has 0 aliphatic heterocycles. The van der Waals surface area contributed by atoms with Crippen LogP contribution in [0.4, 0.5) is 0 Å². The van der Waals surface area contributed by atoms with Crippen LogP contribution in [-0.2, 0) is 17.6 Å². The van der Waals surface area contributed by atoms with E-state index in [0.717, 1.165) is 17.0 Å². The van der Waals surface area contributed by atoms with Crippen LogP contribution in [0.3, 0.4) is 0 Å². The first-order valence-corrected chi connectivity index (χ1v) is 7.49. The summed E-state index contributed by atoms with van der Waals surface area (Å²) in [5, 5.41) is 3.70. The van der Waals surface area contributed by atoms with E-state index < -0.39 is 0 Å². The van der Waals surface area contributed by atoms with E-state index in [-0.39, 0.29) is 5.91 Å². The Balaban J connectivity index is 1.81. The molecule has 2 rings (SSSR count). The molecule has 0 saturated heterocycles. The van der Waals surface area contributed by atoms with Crippen molar-refractivity contribution >= 4 is 17.5 Å². The van der Waals surface area contributed by atoms with Crippen LogP contribution in [-0.4, -0.2) is 12.5 Å². The molecule has 110 valence electrons. The fourth-order valence-corrected chi connectivity index (χ4v) is 2.40. The summed E-state index contributed by atoms with van der Waals surface area (Å²) in [5.41, 5.74) is 4.65. The zero-order valence-corrected chi connectivity index (χ0v) is 13.2. The molecule has 21 heavy (non-hydrogen) atoms. The average Bonchev–Trinajstić information content (AvgIpc) is 2.44. The first kappa shape index (κ1) is 15.6. The summed E-state index contributed by atoms with van der Waals surface area (Å²) in [5.74, 6) is 0.0657. The number of carbonyl (C=O) groups is 1. The van der Waals surface area contributed by atoms with E-state index in [0.29, 0.717) is 13.0 Å². The molecule has 1 amide bonds. The lowest BCUT2D eigenvalue weighted by molar-refractivity contribution is -0.120. The van der Waals surface area contributed by atoms with Gasteiger partial charge in [-0.3, -0.25) is 4.79 Å². The van der Waals surface area contributed by atoms with Gasteiger partial charge in [-0.25, -0.2) is 0 Å². The highest BCUT2D eigenvalue weighted by atomic mass is 35.5. The number of carbonyl (C=O) groups excluding carboxylic acids is 1. The van der Waals surface area contributed by atoms with E-state index in [1.54, 1.807) is 0 Å². The third-order valence-electron chi connectivity index (χ3n) is 3.50. The Morgan fingerprint density at radius 1 is 1.10 bits per heavy atom. The van der Waals surface area contributed by atoms with Crippen molar-refractivity contribution in [3.05, 3.63) is 69.7 Å². The molecule has 0 heterocycles. The maximum absolute atomic E-state index is 12.0. The van der Waals surface area contributed by atoms with Gasteiger partial charge in [0.05, 0.1) is 6.42 Å². The van der Waals surface area contributed by atoms with Crippen LogP contribution in [0.15, 0.2) is 42.5 Å². The van der Waals surface area contributed by atoms with Crippen LogP contribution in [0.5, 0.6) is 0 Å². The standard InChI is InChI=1S/C18H20ClNO/c1-13-3-6-16(14(2)11-13)12-18(21)20-10-9-15-4-7-17(19)8-5-15/h3-8,11H,9-10,12H2,1-2H3,(H,20,21). The molecule has 2 aromatic rings. The van der Waals surface area contributed by atoms with Crippen LogP contribution in [0, 0.1) is 13.8 Å². The van der Waals surface area contributed by atoms with Gasteiger partial charge >= 0.3 is 0 Å². The Kier molecular flexibility index (Phi) is 5.40. The molecule has 0 bridgehead atoms. The monoisotopic (exact) mass is 301 g/mol. The van der Waals surface area contributed by atoms with Crippen molar-refractivity contribution in [3.63, 3.8) is 0 Å². The Bertz CT molecular complexity index is 620. The summed E-state index contributed by atoms with van der Waals surface area (Å²) in [4.78, 5) is 12.0. The molecule has 3 heteroatoms. The van der Waals surface area contributed by atoms with E-state index in [4.69, 9.17) is 11.6 Å². The lowest BCUT2D eigenvalue weighted by Gasteiger charge is -2.08.